The average Bonchev–Trinajstić information content (AvgIpc) is 2.50. The molecular formula is C18H38IN3O2S. The minimum absolute atomic E-state index is 0. The molecule has 1 saturated carbocycles. The molecule has 1 aliphatic carbocycles. The lowest BCUT2D eigenvalue weighted by Crippen LogP contribution is -2.43. The van der Waals surface area contributed by atoms with E-state index in [1.165, 1.54) is 31.9 Å². The Morgan fingerprint density at radius 2 is 1.76 bits per heavy atom. The number of hydrogen-bond donors (Lipinski definition) is 2. The van der Waals surface area contributed by atoms with E-state index in [9.17, 15) is 8.42 Å². The lowest BCUT2D eigenvalue weighted by atomic mass is 9.77. The van der Waals surface area contributed by atoms with Gasteiger partial charge in [0.2, 0.25) is 0 Å². The highest BCUT2D eigenvalue weighted by Crippen LogP contribution is 2.33. The van der Waals surface area contributed by atoms with Crippen LogP contribution in [0.3, 0.4) is 0 Å². The highest BCUT2D eigenvalue weighted by Gasteiger charge is 2.23. The van der Waals surface area contributed by atoms with Crippen LogP contribution in [0.4, 0.5) is 0 Å². The van der Waals surface area contributed by atoms with Crippen molar-refractivity contribution in [3.63, 3.8) is 0 Å². The molecule has 25 heavy (non-hydrogen) atoms. The molecular weight excluding hydrogens is 449 g/mol. The van der Waals surface area contributed by atoms with E-state index in [0.29, 0.717) is 12.3 Å². The van der Waals surface area contributed by atoms with E-state index in [0.717, 1.165) is 30.9 Å². The summed E-state index contributed by atoms with van der Waals surface area (Å²) in [7, 11) is -2.91. The van der Waals surface area contributed by atoms with Crippen LogP contribution in [0.15, 0.2) is 4.99 Å². The second kappa shape index (κ2) is 12.4. The molecule has 2 N–H and O–H groups in total. The van der Waals surface area contributed by atoms with Gasteiger partial charge in [-0.25, -0.2) is 8.42 Å². The first-order chi connectivity index (χ1) is 11.2. The van der Waals surface area contributed by atoms with Crippen LogP contribution >= 0.6 is 24.0 Å². The zero-order valence-electron chi connectivity index (χ0n) is 16.5. The lowest BCUT2D eigenvalue weighted by molar-refractivity contribution is 0.228. The smallest absolute Gasteiger partial charge is 0.191 e. The predicted octanol–water partition coefficient (Wildman–Crippen LogP) is 3.45. The van der Waals surface area contributed by atoms with E-state index in [1.807, 2.05) is 13.8 Å². The molecule has 0 bridgehead atoms. The van der Waals surface area contributed by atoms with Gasteiger partial charge in [-0.1, -0.05) is 13.8 Å². The number of rotatable bonds is 8. The molecule has 1 aliphatic rings. The van der Waals surface area contributed by atoms with E-state index in [4.69, 9.17) is 4.99 Å². The molecule has 0 heterocycles. The number of hydrogen-bond acceptors (Lipinski definition) is 3. The van der Waals surface area contributed by atoms with E-state index in [2.05, 4.69) is 24.5 Å². The maximum absolute atomic E-state index is 11.3. The molecule has 1 rings (SSSR count). The van der Waals surface area contributed by atoms with Gasteiger partial charge in [-0.3, -0.25) is 4.99 Å². The Labute approximate surface area is 172 Å². The van der Waals surface area contributed by atoms with Gasteiger partial charge in [0.15, 0.2) is 5.96 Å². The summed E-state index contributed by atoms with van der Waals surface area (Å²) < 4.78 is 22.6. The zero-order valence-corrected chi connectivity index (χ0v) is 19.7. The lowest BCUT2D eigenvalue weighted by Gasteiger charge is -2.30. The Hall–Kier alpha value is -0.0500. The minimum Gasteiger partial charge on any atom is -0.357 e. The minimum atomic E-state index is -2.91. The molecule has 1 fully saturated rings. The number of halogens is 1. The van der Waals surface area contributed by atoms with Crippen molar-refractivity contribution in [2.24, 2.45) is 22.7 Å². The summed E-state index contributed by atoms with van der Waals surface area (Å²) in [4.78, 5) is 4.74. The summed E-state index contributed by atoms with van der Waals surface area (Å²) in [5.74, 6) is 3.38. The number of sulfone groups is 1. The molecule has 5 nitrogen and oxygen atoms in total. The third-order valence-electron chi connectivity index (χ3n) is 4.99. The second-order valence-electron chi connectivity index (χ2n) is 7.71. The summed E-state index contributed by atoms with van der Waals surface area (Å²) in [5.41, 5.74) is 0. The van der Waals surface area contributed by atoms with Crippen LogP contribution in [0.1, 0.15) is 59.8 Å². The van der Waals surface area contributed by atoms with Crippen molar-refractivity contribution < 1.29 is 8.42 Å². The number of aliphatic imine (C=N–C) groups is 1. The molecule has 1 unspecified atom stereocenters. The number of guanidine groups is 1. The van der Waals surface area contributed by atoms with Crippen molar-refractivity contribution in [3.05, 3.63) is 0 Å². The second-order valence-corrected chi connectivity index (χ2v) is 9.97. The van der Waals surface area contributed by atoms with Gasteiger partial charge in [0, 0.05) is 25.4 Å². The first-order valence-electron chi connectivity index (χ1n) is 9.43. The molecule has 0 amide bonds. The van der Waals surface area contributed by atoms with Crippen molar-refractivity contribution in [2.45, 2.75) is 65.8 Å². The first-order valence-corrected chi connectivity index (χ1v) is 11.5. The van der Waals surface area contributed by atoms with Crippen LogP contribution in [-0.2, 0) is 9.84 Å². The van der Waals surface area contributed by atoms with Crippen molar-refractivity contribution in [2.75, 3.05) is 25.1 Å². The Morgan fingerprint density at radius 1 is 1.16 bits per heavy atom. The Bertz CT molecular complexity index is 487. The van der Waals surface area contributed by atoms with Gasteiger partial charge in [-0.2, -0.15) is 0 Å². The van der Waals surface area contributed by atoms with Crippen LogP contribution < -0.4 is 10.6 Å². The number of nitrogens with one attached hydrogen (secondary N) is 2. The molecule has 0 radical (unpaired) electrons. The quantitative estimate of drug-likeness (QED) is 0.313. The van der Waals surface area contributed by atoms with Crippen LogP contribution in [0.5, 0.6) is 0 Å². The first kappa shape index (κ1) is 24.9. The zero-order chi connectivity index (χ0) is 18.2. The molecule has 0 aromatic rings. The fraction of sp³-hybridized carbons (Fsp3) is 0.944. The van der Waals surface area contributed by atoms with Crippen LogP contribution in [0.25, 0.3) is 0 Å². The standard InChI is InChI=1S/C18H37N3O2S.HI/c1-6-19-18(21-15(4)11-12-24(5,22)23)20-13-16-7-9-17(10-8-16)14(2)3;/h14-17H,6-13H2,1-5H3,(H2,19,20,21);1H. The van der Waals surface area contributed by atoms with Crippen LogP contribution in [0, 0.1) is 17.8 Å². The molecule has 0 saturated heterocycles. The fourth-order valence-corrected chi connectivity index (χ4v) is 4.06. The summed E-state index contributed by atoms with van der Waals surface area (Å²) in [6, 6.07) is 0.0919. The molecule has 0 aromatic heterocycles. The van der Waals surface area contributed by atoms with Crippen molar-refractivity contribution in [3.8, 4) is 0 Å². The average molecular weight is 487 g/mol. The van der Waals surface area contributed by atoms with Gasteiger partial charge in [-0.15, -0.1) is 24.0 Å². The SMILES string of the molecule is CCNC(=NCC1CCC(C(C)C)CC1)NC(C)CCS(C)(=O)=O.I. The fourth-order valence-electron chi connectivity index (χ4n) is 3.27. The third-order valence-corrected chi connectivity index (χ3v) is 5.97. The molecule has 1 atom stereocenters. The topological polar surface area (TPSA) is 70.6 Å². The Morgan fingerprint density at radius 3 is 2.24 bits per heavy atom. The molecule has 7 heteroatoms. The normalized spacial score (nSPS) is 23.0. The number of nitrogens with zero attached hydrogens (tertiary/aromatic N) is 1. The third kappa shape index (κ3) is 11.3. The van der Waals surface area contributed by atoms with E-state index in [1.54, 1.807) is 0 Å². The van der Waals surface area contributed by atoms with Gasteiger partial charge in [0.05, 0.1) is 5.75 Å². The summed E-state index contributed by atoms with van der Waals surface area (Å²) in [6.45, 7) is 10.4. The highest BCUT2D eigenvalue weighted by molar-refractivity contribution is 14.0. The largest absolute Gasteiger partial charge is 0.357 e. The Kier molecular flexibility index (Phi) is 12.3. The monoisotopic (exact) mass is 487 g/mol. The predicted molar refractivity (Wildman–Crippen MR) is 119 cm³/mol. The maximum Gasteiger partial charge on any atom is 0.191 e. The van der Waals surface area contributed by atoms with Crippen LogP contribution in [0.2, 0.25) is 0 Å². The van der Waals surface area contributed by atoms with Crippen molar-refractivity contribution in [1.82, 2.24) is 10.6 Å². The summed E-state index contributed by atoms with van der Waals surface area (Å²) in [5, 5.41) is 6.60. The van der Waals surface area contributed by atoms with E-state index in [-0.39, 0.29) is 35.8 Å². The Balaban J connectivity index is 0.00000576. The van der Waals surface area contributed by atoms with Crippen molar-refractivity contribution in [1.29, 1.82) is 0 Å². The molecule has 0 aromatic carbocycles. The van der Waals surface area contributed by atoms with E-state index >= 15 is 0 Å². The molecule has 0 spiro atoms. The molecule has 0 aliphatic heterocycles. The van der Waals surface area contributed by atoms with Gasteiger partial charge in [-0.05, 0) is 63.7 Å². The summed E-state index contributed by atoms with van der Waals surface area (Å²) >= 11 is 0. The van der Waals surface area contributed by atoms with Gasteiger partial charge >= 0.3 is 0 Å². The van der Waals surface area contributed by atoms with Gasteiger partial charge < -0.3 is 10.6 Å². The van der Waals surface area contributed by atoms with Gasteiger partial charge in [0.1, 0.15) is 9.84 Å². The highest BCUT2D eigenvalue weighted by atomic mass is 127. The van der Waals surface area contributed by atoms with Gasteiger partial charge in [0.25, 0.3) is 0 Å². The van der Waals surface area contributed by atoms with Crippen LogP contribution in [-0.4, -0.2) is 45.5 Å². The van der Waals surface area contributed by atoms with E-state index < -0.39 is 9.84 Å². The maximum atomic E-state index is 11.3. The van der Waals surface area contributed by atoms with Crippen molar-refractivity contribution >= 4 is 39.8 Å². The molecule has 150 valence electrons. The summed E-state index contributed by atoms with van der Waals surface area (Å²) in [6.07, 6.45) is 7.08.